The van der Waals surface area contributed by atoms with Gasteiger partial charge in [0.2, 0.25) is 0 Å². The van der Waals surface area contributed by atoms with E-state index in [9.17, 15) is 9.18 Å². The Kier molecular flexibility index (Phi) is 4.19. The average molecular weight is 267 g/mol. The Bertz CT molecular complexity index is 579. The predicted molar refractivity (Wildman–Crippen MR) is 69.1 cm³/mol. The second kappa shape index (κ2) is 5.86. The van der Waals surface area contributed by atoms with Crippen LogP contribution in [-0.4, -0.2) is 14.8 Å². The monoisotopic (exact) mass is 267 g/mol. The van der Waals surface area contributed by atoms with E-state index in [0.29, 0.717) is 23.0 Å². The molecule has 0 amide bonds. The van der Waals surface area contributed by atoms with Gasteiger partial charge in [0.1, 0.15) is 5.82 Å². The Morgan fingerprint density at radius 3 is 2.94 bits per heavy atom. The predicted octanol–water partition coefficient (Wildman–Crippen LogP) is 2.41. The van der Waals surface area contributed by atoms with Crippen molar-refractivity contribution >= 4 is 11.8 Å². The van der Waals surface area contributed by atoms with E-state index in [4.69, 9.17) is 0 Å². The summed E-state index contributed by atoms with van der Waals surface area (Å²) < 4.78 is 15.0. The number of rotatable bonds is 5. The fraction of sp³-hybridized carbons (Fsp3) is 0.333. The van der Waals surface area contributed by atoms with E-state index in [-0.39, 0.29) is 11.5 Å². The number of aromatic amines is 1. The molecule has 1 aromatic heterocycles. The van der Waals surface area contributed by atoms with Crippen LogP contribution in [0.25, 0.3) is 0 Å². The molecule has 0 aliphatic rings. The minimum Gasteiger partial charge on any atom is -0.270 e. The maximum absolute atomic E-state index is 13.4. The molecular weight excluding hydrogens is 253 g/mol. The van der Waals surface area contributed by atoms with Crippen molar-refractivity contribution in [1.29, 1.82) is 0 Å². The highest BCUT2D eigenvalue weighted by molar-refractivity contribution is 7.98. The van der Waals surface area contributed by atoms with E-state index in [2.05, 4.69) is 10.2 Å². The molecular formula is C12H14FN3OS. The molecule has 96 valence electrons. The van der Waals surface area contributed by atoms with E-state index >= 15 is 0 Å². The van der Waals surface area contributed by atoms with Gasteiger partial charge in [-0.05, 0) is 18.1 Å². The number of nitrogens with zero attached hydrogens (tertiary/aromatic N) is 2. The molecule has 2 aromatic rings. The SMILES string of the molecule is CCCn1c(SCc2ccccc2F)n[nH]c1=O. The third kappa shape index (κ3) is 2.81. The fourth-order valence-electron chi connectivity index (χ4n) is 1.59. The van der Waals surface area contributed by atoms with Crippen molar-refractivity contribution in [2.75, 3.05) is 0 Å². The van der Waals surface area contributed by atoms with Crippen LogP contribution in [0.3, 0.4) is 0 Å². The Balaban J connectivity index is 2.11. The molecule has 0 atom stereocenters. The van der Waals surface area contributed by atoms with Crippen molar-refractivity contribution in [2.24, 2.45) is 0 Å². The molecule has 0 unspecified atom stereocenters. The van der Waals surface area contributed by atoms with Crippen molar-refractivity contribution in [2.45, 2.75) is 30.8 Å². The third-order valence-corrected chi connectivity index (χ3v) is 3.51. The van der Waals surface area contributed by atoms with Crippen molar-refractivity contribution in [3.8, 4) is 0 Å². The quantitative estimate of drug-likeness (QED) is 0.846. The second-order valence-electron chi connectivity index (χ2n) is 3.84. The number of aromatic nitrogens is 3. The lowest BCUT2D eigenvalue weighted by Gasteiger charge is -2.04. The number of benzene rings is 1. The summed E-state index contributed by atoms with van der Waals surface area (Å²) in [6.07, 6.45) is 0.854. The van der Waals surface area contributed by atoms with Crippen molar-refractivity contribution < 1.29 is 4.39 Å². The first kappa shape index (κ1) is 12.9. The Hall–Kier alpha value is -1.56. The maximum Gasteiger partial charge on any atom is 0.343 e. The van der Waals surface area contributed by atoms with Crippen molar-refractivity contribution in [1.82, 2.24) is 14.8 Å². The topological polar surface area (TPSA) is 50.7 Å². The van der Waals surface area contributed by atoms with Gasteiger partial charge in [0, 0.05) is 12.3 Å². The van der Waals surface area contributed by atoms with Crippen LogP contribution in [0.2, 0.25) is 0 Å². The lowest BCUT2D eigenvalue weighted by molar-refractivity contribution is 0.602. The molecule has 0 bridgehead atoms. The van der Waals surface area contributed by atoms with Gasteiger partial charge in [-0.25, -0.2) is 14.3 Å². The third-order valence-electron chi connectivity index (χ3n) is 2.49. The van der Waals surface area contributed by atoms with Gasteiger partial charge in [-0.1, -0.05) is 36.9 Å². The maximum atomic E-state index is 13.4. The Morgan fingerprint density at radius 2 is 2.22 bits per heavy atom. The van der Waals surface area contributed by atoms with Crippen LogP contribution in [-0.2, 0) is 12.3 Å². The Morgan fingerprint density at radius 1 is 1.44 bits per heavy atom. The van der Waals surface area contributed by atoms with Crippen LogP contribution in [0.5, 0.6) is 0 Å². The van der Waals surface area contributed by atoms with Gasteiger partial charge >= 0.3 is 5.69 Å². The number of H-pyrrole nitrogens is 1. The molecule has 2 rings (SSSR count). The smallest absolute Gasteiger partial charge is 0.270 e. The van der Waals surface area contributed by atoms with E-state index in [1.165, 1.54) is 17.8 Å². The zero-order valence-corrected chi connectivity index (χ0v) is 10.8. The van der Waals surface area contributed by atoms with E-state index in [0.717, 1.165) is 6.42 Å². The number of hydrogen-bond donors (Lipinski definition) is 1. The van der Waals surface area contributed by atoms with Crippen LogP contribution in [0.4, 0.5) is 4.39 Å². The van der Waals surface area contributed by atoms with Gasteiger partial charge in [-0.15, -0.1) is 5.10 Å². The summed E-state index contributed by atoms with van der Waals surface area (Å²) in [6.45, 7) is 2.61. The van der Waals surface area contributed by atoms with Gasteiger partial charge in [0.15, 0.2) is 5.16 Å². The molecule has 0 aliphatic heterocycles. The molecule has 1 aromatic carbocycles. The molecule has 1 heterocycles. The molecule has 4 nitrogen and oxygen atoms in total. The van der Waals surface area contributed by atoms with Gasteiger partial charge < -0.3 is 0 Å². The molecule has 0 spiro atoms. The number of hydrogen-bond acceptors (Lipinski definition) is 3. The standard InChI is InChI=1S/C12H14FN3OS/c1-2-7-16-11(17)14-15-12(16)18-8-9-5-3-4-6-10(9)13/h3-6H,2,7-8H2,1H3,(H,14,17). The lowest BCUT2D eigenvalue weighted by Crippen LogP contribution is -2.17. The van der Waals surface area contributed by atoms with E-state index < -0.39 is 0 Å². The molecule has 18 heavy (non-hydrogen) atoms. The summed E-state index contributed by atoms with van der Waals surface area (Å²) in [5, 5.41) is 6.96. The van der Waals surface area contributed by atoms with Gasteiger partial charge in [0.05, 0.1) is 0 Å². The molecule has 0 saturated carbocycles. The minimum absolute atomic E-state index is 0.215. The molecule has 0 radical (unpaired) electrons. The summed E-state index contributed by atoms with van der Waals surface area (Å²) in [5.74, 6) is 0.227. The summed E-state index contributed by atoms with van der Waals surface area (Å²) >= 11 is 1.36. The molecule has 1 N–H and O–H groups in total. The second-order valence-corrected chi connectivity index (χ2v) is 4.79. The van der Waals surface area contributed by atoms with E-state index in [1.54, 1.807) is 22.8 Å². The van der Waals surface area contributed by atoms with Crippen LogP contribution < -0.4 is 5.69 Å². The number of thioether (sulfide) groups is 1. The first-order valence-electron chi connectivity index (χ1n) is 5.73. The summed E-state index contributed by atoms with van der Waals surface area (Å²) in [7, 11) is 0. The number of halogens is 1. The summed E-state index contributed by atoms with van der Waals surface area (Å²) in [6, 6.07) is 6.62. The molecule has 0 saturated heterocycles. The zero-order valence-electron chi connectivity index (χ0n) is 10.0. The van der Waals surface area contributed by atoms with Crippen LogP contribution in [0.1, 0.15) is 18.9 Å². The van der Waals surface area contributed by atoms with Crippen molar-refractivity contribution in [3.05, 3.63) is 46.1 Å². The first-order valence-corrected chi connectivity index (χ1v) is 6.72. The van der Waals surface area contributed by atoms with Gasteiger partial charge in [-0.3, -0.25) is 4.57 Å². The Labute approximate surface area is 108 Å². The van der Waals surface area contributed by atoms with E-state index in [1.807, 2.05) is 6.92 Å². The first-order chi connectivity index (χ1) is 8.72. The summed E-state index contributed by atoms with van der Waals surface area (Å²) in [5.41, 5.74) is 0.397. The fourth-order valence-corrected chi connectivity index (χ4v) is 2.55. The van der Waals surface area contributed by atoms with Crippen LogP contribution >= 0.6 is 11.8 Å². The summed E-state index contributed by atoms with van der Waals surface area (Å²) in [4.78, 5) is 11.5. The molecule has 0 fully saturated rings. The van der Waals surface area contributed by atoms with Crippen LogP contribution in [0, 0.1) is 5.82 Å². The van der Waals surface area contributed by atoms with Crippen molar-refractivity contribution in [3.63, 3.8) is 0 Å². The average Bonchev–Trinajstić information content (AvgIpc) is 2.71. The lowest BCUT2D eigenvalue weighted by atomic mass is 10.2. The minimum atomic E-state index is -0.232. The largest absolute Gasteiger partial charge is 0.343 e. The van der Waals surface area contributed by atoms with Gasteiger partial charge in [0.25, 0.3) is 0 Å². The van der Waals surface area contributed by atoms with Gasteiger partial charge in [-0.2, -0.15) is 0 Å². The van der Waals surface area contributed by atoms with Crippen LogP contribution in [0.15, 0.2) is 34.2 Å². The highest BCUT2D eigenvalue weighted by Gasteiger charge is 2.09. The number of nitrogens with one attached hydrogen (secondary N) is 1. The highest BCUT2D eigenvalue weighted by Crippen LogP contribution is 2.21. The molecule has 6 heteroatoms. The molecule has 0 aliphatic carbocycles. The zero-order chi connectivity index (χ0) is 13.0. The normalized spacial score (nSPS) is 10.8. The highest BCUT2D eigenvalue weighted by atomic mass is 32.2.